The van der Waals surface area contributed by atoms with Crippen LogP contribution in [0.1, 0.15) is 21.7 Å². The zero-order valence-corrected chi connectivity index (χ0v) is 20.4. The molecule has 0 unspecified atom stereocenters. The normalized spacial score (nSPS) is 10.9. The summed E-state index contributed by atoms with van der Waals surface area (Å²) in [4.78, 5) is 18.0. The quantitative estimate of drug-likeness (QED) is 0.196. The van der Waals surface area contributed by atoms with E-state index in [2.05, 4.69) is 14.8 Å². The number of thioether (sulfide) groups is 1. The van der Waals surface area contributed by atoms with E-state index in [-0.39, 0.29) is 11.5 Å². The lowest BCUT2D eigenvalue weighted by Gasteiger charge is -2.10. The van der Waals surface area contributed by atoms with Crippen LogP contribution in [0.25, 0.3) is 28.2 Å². The molecule has 0 aliphatic heterocycles. The smallest absolute Gasteiger partial charge is 0.210 e. The molecule has 0 fully saturated rings. The minimum Gasteiger partial charge on any atom is -0.318 e. The highest BCUT2D eigenvalue weighted by atomic mass is 32.2. The van der Waals surface area contributed by atoms with Gasteiger partial charge >= 0.3 is 0 Å². The maximum Gasteiger partial charge on any atom is 0.210 e. The van der Waals surface area contributed by atoms with Crippen LogP contribution < -0.4 is 0 Å². The third kappa shape index (κ3) is 4.79. The number of ketones is 1. The average molecular weight is 477 g/mol. The third-order valence-electron chi connectivity index (χ3n) is 5.84. The number of nitrogens with zero attached hydrogens (tertiary/aromatic N) is 4. The molecule has 5 aromatic rings. The standard InChI is InChI=1S/C29H24N4OS/c1-20-18-25(21(2)33(20)24-16-10-5-11-17-24)26(34)19-35-29-30-27(22-12-6-3-7-13-22)28(31-32-29)23-14-8-4-9-15-23/h3-18H,19H2,1-2H3. The number of Topliss-reactive ketones (excluding diaryl/α,β-unsaturated/α-hetero) is 1. The Morgan fingerprint density at radius 3 is 1.97 bits per heavy atom. The summed E-state index contributed by atoms with van der Waals surface area (Å²) in [5.41, 5.74) is 7.11. The number of hydrogen-bond donors (Lipinski definition) is 0. The van der Waals surface area contributed by atoms with Gasteiger partial charge in [0.15, 0.2) is 5.78 Å². The van der Waals surface area contributed by atoms with Crippen molar-refractivity contribution in [2.75, 3.05) is 5.75 Å². The summed E-state index contributed by atoms with van der Waals surface area (Å²) in [6, 6.07) is 31.9. The maximum atomic E-state index is 13.2. The number of carbonyl (C=O) groups is 1. The van der Waals surface area contributed by atoms with E-state index in [0.717, 1.165) is 45.2 Å². The SMILES string of the molecule is Cc1cc(C(=O)CSc2nnc(-c3ccccc3)c(-c3ccccc3)n2)c(C)n1-c1ccccc1. The summed E-state index contributed by atoms with van der Waals surface area (Å²) in [6.45, 7) is 4.00. The number of carbonyl (C=O) groups excluding carboxylic acids is 1. The zero-order valence-electron chi connectivity index (χ0n) is 19.6. The fourth-order valence-corrected chi connectivity index (χ4v) is 4.86. The summed E-state index contributed by atoms with van der Waals surface area (Å²) in [6.07, 6.45) is 0. The number of hydrogen-bond acceptors (Lipinski definition) is 5. The lowest BCUT2D eigenvalue weighted by Crippen LogP contribution is -2.07. The lowest BCUT2D eigenvalue weighted by atomic mass is 10.0. The van der Waals surface area contributed by atoms with E-state index in [1.54, 1.807) is 0 Å². The van der Waals surface area contributed by atoms with Crippen LogP contribution in [-0.4, -0.2) is 31.3 Å². The monoisotopic (exact) mass is 476 g/mol. The van der Waals surface area contributed by atoms with E-state index in [1.807, 2.05) is 111 Å². The number of rotatable bonds is 7. The first-order chi connectivity index (χ1) is 17.1. The molecule has 0 amide bonds. The molecule has 0 N–H and O–H groups in total. The Kier molecular flexibility index (Phi) is 6.55. The van der Waals surface area contributed by atoms with E-state index in [0.29, 0.717) is 5.16 Å². The first kappa shape index (κ1) is 22.7. The Hall–Kier alpha value is -4.03. The molecule has 0 bridgehead atoms. The van der Waals surface area contributed by atoms with Crippen molar-refractivity contribution >= 4 is 17.5 Å². The molecule has 5 rings (SSSR count). The molecule has 0 radical (unpaired) electrons. The maximum absolute atomic E-state index is 13.2. The molecule has 3 aromatic carbocycles. The van der Waals surface area contributed by atoms with Gasteiger partial charge in [-0.3, -0.25) is 4.79 Å². The van der Waals surface area contributed by atoms with Gasteiger partial charge in [-0.2, -0.15) is 0 Å². The van der Waals surface area contributed by atoms with Crippen molar-refractivity contribution in [3.8, 4) is 28.2 Å². The largest absolute Gasteiger partial charge is 0.318 e. The molecule has 172 valence electrons. The number of aryl methyl sites for hydroxylation is 1. The molecule has 35 heavy (non-hydrogen) atoms. The van der Waals surface area contributed by atoms with Gasteiger partial charge in [0, 0.05) is 33.8 Å². The Balaban J connectivity index is 1.41. The topological polar surface area (TPSA) is 60.7 Å². The van der Waals surface area contributed by atoms with E-state index in [1.165, 1.54) is 11.8 Å². The third-order valence-corrected chi connectivity index (χ3v) is 6.68. The lowest BCUT2D eigenvalue weighted by molar-refractivity contribution is 0.102. The second kappa shape index (κ2) is 10.1. The number of benzene rings is 3. The van der Waals surface area contributed by atoms with E-state index in [9.17, 15) is 4.79 Å². The van der Waals surface area contributed by atoms with Gasteiger partial charge in [0.25, 0.3) is 0 Å². The van der Waals surface area contributed by atoms with Gasteiger partial charge in [-0.15, -0.1) is 10.2 Å². The van der Waals surface area contributed by atoms with Crippen molar-refractivity contribution < 1.29 is 4.79 Å². The van der Waals surface area contributed by atoms with Crippen LogP contribution in [0.5, 0.6) is 0 Å². The second-order valence-corrected chi connectivity index (χ2v) is 9.13. The highest BCUT2D eigenvalue weighted by molar-refractivity contribution is 7.99. The summed E-state index contributed by atoms with van der Waals surface area (Å²) >= 11 is 1.31. The molecule has 0 atom stereocenters. The predicted molar refractivity (Wildman–Crippen MR) is 141 cm³/mol. The Labute approximate surface area is 208 Å². The van der Waals surface area contributed by atoms with Crippen LogP contribution in [0, 0.1) is 13.8 Å². The summed E-state index contributed by atoms with van der Waals surface area (Å²) in [5.74, 6) is 0.280. The molecule has 2 heterocycles. The Morgan fingerprint density at radius 1 is 0.771 bits per heavy atom. The minimum absolute atomic E-state index is 0.0438. The van der Waals surface area contributed by atoms with Gasteiger partial charge in [-0.25, -0.2) is 4.98 Å². The predicted octanol–water partition coefficient (Wildman–Crippen LogP) is 6.59. The molecule has 0 spiro atoms. The first-order valence-electron chi connectivity index (χ1n) is 11.4. The first-order valence-corrected chi connectivity index (χ1v) is 12.4. The van der Waals surface area contributed by atoms with Crippen molar-refractivity contribution in [2.45, 2.75) is 19.0 Å². The fraction of sp³-hybridized carbons (Fsp3) is 0.103. The van der Waals surface area contributed by atoms with Crippen molar-refractivity contribution in [3.05, 3.63) is 114 Å². The van der Waals surface area contributed by atoms with E-state index < -0.39 is 0 Å². The summed E-state index contributed by atoms with van der Waals surface area (Å²) in [5, 5.41) is 9.33. The molecule has 6 heteroatoms. The van der Waals surface area contributed by atoms with Crippen molar-refractivity contribution in [1.82, 2.24) is 19.7 Å². The van der Waals surface area contributed by atoms with Gasteiger partial charge in [0.2, 0.25) is 5.16 Å². The fourth-order valence-electron chi connectivity index (χ4n) is 4.19. The molecule has 0 aliphatic carbocycles. The van der Waals surface area contributed by atoms with Gasteiger partial charge < -0.3 is 4.57 Å². The highest BCUT2D eigenvalue weighted by Gasteiger charge is 2.19. The Bertz CT molecular complexity index is 1470. The average Bonchev–Trinajstić information content (AvgIpc) is 3.22. The highest BCUT2D eigenvalue weighted by Crippen LogP contribution is 2.30. The minimum atomic E-state index is 0.0438. The van der Waals surface area contributed by atoms with Gasteiger partial charge in [-0.1, -0.05) is 90.6 Å². The zero-order chi connectivity index (χ0) is 24.2. The second-order valence-electron chi connectivity index (χ2n) is 8.19. The summed E-state index contributed by atoms with van der Waals surface area (Å²) < 4.78 is 2.11. The van der Waals surface area contributed by atoms with Gasteiger partial charge in [-0.05, 0) is 32.0 Å². The molecule has 0 saturated carbocycles. The molecular weight excluding hydrogens is 452 g/mol. The van der Waals surface area contributed by atoms with Crippen molar-refractivity contribution in [1.29, 1.82) is 0 Å². The van der Waals surface area contributed by atoms with Crippen LogP contribution in [0.4, 0.5) is 0 Å². The van der Waals surface area contributed by atoms with Crippen molar-refractivity contribution in [3.63, 3.8) is 0 Å². The van der Waals surface area contributed by atoms with Crippen molar-refractivity contribution in [2.24, 2.45) is 0 Å². The number of para-hydroxylation sites is 1. The van der Waals surface area contributed by atoms with Gasteiger partial charge in [0.05, 0.1) is 5.75 Å². The number of aromatic nitrogens is 4. The van der Waals surface area contributed by atoms with E-state index in [4.69, 9.17) is 4.98 Å². The molecule has 0 aliphatic rings. The van der Waals surface area contributed by atoms with Crippen LogP contribution in [-0.2, 0) is 0 Å². The van der Waals surface area contributed by atoms with Gasteiger partial charge in [0.1, 0.15) is 11.4 Å². The Morgan fingerprint density at radius 2 is 1.34 bits per heavy atom. The summed E-state index contributed by atoms with van der Waals surface area (Å²) in [7, 11) is 0. The molecule has 2 aromatic heterocycles. The molecule has 0 saturated heterocycles. The molecular formula is C29H24N4OS. The van der Waals surface area contributed by atoms with Crippen LogP contribution in [0.2, 0.25) is 0 Å². The van der Waals surface area contributed by atoms with E-state index >= 15 is 0 Å². The van der Waals surface area contributed by atoms with Crippen LogP contribution in [0.3, 0.4) is 0 Å². The van der Waals surface area contributed by atoms with Crippen LogP contribution >= 0.6 is 11.8 Å². The van der Waals surface area contributed by atoms with Crippen LogP contribution in [0.15, 0.2) is 102 Å². The molecule has 5 nitrogen and oxygen atoms in total.